The third-order valence-corrected chi connectivity index (χ3v) is 12.5. The van der Waals surface area contributed by atoms with Crippen molar-refractivity contribution in [1.82, 2.24) is 14.6 Å². The first kappa shape index (κ1) is 30.2. The lowest BCUT2D eigenvalue weighted by atomic mass is 9.50. The summed E-state index contributed by atoms with van der Waals surface area (Å²) < 4.78 is 34.2. The second kappa shape index (κ2) is 12.1. The van der Waals surface area contributed by atoms with E-state index in [9.17, 15) is 18.0 Å². The third-order valence-electron chi connectivity index (χ3n) is 10.1. The number of anilines is 1. The van der Waals surface area contributed by atoms with Crippen LogP contribution in [0.2, 0.25) is 0 Å². The predicted molar refractivity (Wildman–Crippen MR) is 175 cm³/mol. The summed E-state index contributed by atoms with van der Waals surface area (Å²) in [5.74, 6) is 2.18. The van der Waals surface area contributed by atoms with Gasteiger partial charge in [-0.3, -0.25) is 14.6 Å². The molecule has 2 aromatic heterocycles. The van der Waals surface area contributed by atoms with Crippen LogP contribution in [0.3, 0.4) is 0 Å². The molecule has 0 radical (unpaired) electrons. The molecule has 238 valence electrons. The second-order valence-corrected chi connectivity index (χ2v) is 16.1. The lowest BCUT2D eigenvalue weighted by Crippen LogP contribution is -2.51. The third kappa shape index (κ3) is 6.47. The Morgan fingerprint density at radius 3 is 2.27 bits per heavy atom. The summed E-state index contributed by atoms with van der Waals surface area (Å²) in [6.07, 6.45) is 10.2. The van der Waals surface area contributed by atoms with Crippen LogP contribution in [0.1, 0.15) is 65.5 Å². The van der Waals surface area contributed by atoms with E-state index >= 15 is 0 Å². The van der Waals surface area contributed by atoms with Crippen molar-refractivity contribution >= 4 is 38.9 Å². The number of carbonyl (C=O) groups is 2. The molecule has 3 aromatic rings. The fourth-order valence-electron chi connectivity index (χ4n) is 8.68. The number of ether oxygens (including phenoxy) is 1. The number of benzene rings is 1. The molecule has 4 saturated carbocycles. The summed E-state index contributed by atoms with van der Waals surface area (Å²) in [5, 5.41) is 1.97. The SMILES string of the molecule is CCOc1cncc(-c2csc(C(=O)N3CCN(c4ccc(C(=O)NS(=O)(=O)CC56CC7CC(CC(C7)C5)C6)cc4)CC3)c2)c1. The maximum absolute atomic E-state index is 13.3. The molecular formula is C34H40N4O5S2. The molecule has 5 fully saturated rings. The van der Waals surface area contributed by atoms with Gasteiger partial charge in [0, 0.05) is 49.2 Å². The lowest BCUT2D eigenvalue weighted by Gasteiger charge is -2.56. The Bertz CT molecular complexity index is 1640. The lowest BCUT2D eigenvalue weighted by molar-refractivity contribution is -0.0391. The van der Waals surface area contributed by atoms with Crippen molar-refractivity contribution in [3.8, 4) is 16.9 Å². The van der Waals surface area contributed by atoms with Gasteiger partial charge < -0.3 is 14.5 Å². The largest absolute Gasteiger partial charge is 0.492 e. The first-order chi connectivity index (χ1) is 21.7. The van der Waals surface area contributed by atoms with E-state index in [1.165, 1.54) is 30.6 Å². The highest BCUT2D eigenvalue weighted by Gasteiger charge is 2.52. The summed E-state index contributed by atoms with van der Waals surface area (Å²) in [5.41, 5.74) is 2.97. The zero-order chi connectivity index (χ0) is 31.2. The quantitative estimate of drug-likeness (QED) is 0.329. The number of aromatic nitrogens is 1. The molecule has 0 atom stereocenters. The van der Waals surface area contributed by atoms with Crippen LogP contribution < -0.4 is 14.4 Å². The number of hydrogen-bond acceptors (Lipinski definition) is 8. The van der Waals surface area contributed by atoms with E-state index in [-0.39, 0.29) is 17.1 Å². The number of thiophene rings is 1. The van der Waals surface area contributed by atoms with Crippen molar-refractivity contribution in [3.05, 3.63) is 64.6 Å². The number of nitrogens with zero attached hydrogens (tertiary/aromatic N) is 3. The Morgan fingerprint density at radius 2 is 1.62 bits per heavy atom. The Labute approximate surface area is 269 Å². The normalized spacial score (nSPS) is 25.8. The van der Waals surface area contributed by atoms with Crippen LogP contribution in [-0.4, -0.2) is 68.7 Å². The molecular weight excluding hydrogens is 609 g/mol. The zero-order valence-electron chi connectivity index (χ0n) is 25.6. The van der Waals surface area contributed by atoms with Crippen LogP contribution in [0.25, 0.3) is 11.1 Å². The molecule has 2 amide bonds. The number of pyridine rings is 1. The highest BCUT2D eigenvalue weighted by atomic mass is 32.2. The monoisotopic (exact) mass is 648 g/mol. The molecule has 9 nitrogen and oxygen atoms in total. The van der Waals surface area contributed by atoms with Gasteiger partial charge in [0.15, 0.2) is 0 Å². The fourth-order valence-corrected chi connectivity index (χ4v) is 11.2. The minimum absolute atomic E-state index is 0.0154. The molecule has 8 rings (SSSR count). The Morgan fingerprint density at radius 1 is 0.956 bits per heavy atom. The topological polar surface area (TPSA) is 109 Å². The number of piperazine rings is 1. The number of sulfonamides is 1. The summed E-state index contributed by atoms with van der Waals surface area (Å²) in [6.45, 7) is 4.98. The van der Waals surface area contributed by atoms with Gasteiger partial charge in [-0.1, -0.05) is 0 Å². The van der Waals surface area contributed by atoms with Crippen molar-refractivity contribution in [2.24, 2.45) is 23.2 Å². The van der Waals surface area contributed by atoms with Gasteiger partial charge in [0.1, 0.15) is 5.75 Å². The highest BCUT2D eigenvalue weighted by Crippen LogP contribution is 2.60. The number of hydrogen-bond donors (Lipinski definition) is 1. The van der Waals surface area contributed by atoms with Crippen molar-refractivity contribution < 1.29 is 22.7 Å². The molecule has 4 bridgehead atoms. The van der Waals surface area contributed by atoms with Gasteiger partial charge in [-0.25, -0.2) is 13.1 Å². The van der Waals surface area contributed by atoms with E-state index in [0.29, 0.717) is 66.7 Å². The van der Waals surface area contributed by atoms with Gasteiger partial charge in [-0.15, -0.1) is 11.3 Å². The van der Waals surface area contributed by atoms with E-state index < -0.39 is 15.9 Å². The maximum atomic E-state index is 13.3. The van der Waals surface area contributed by atoms with Crippen LogP contribution in [0.5, 0.6) is 5.75 Å². The molecule has 1 N–H and O–H groups in total. The van der Waals surface area contributed by atoms with Gasteiger partial charge in [0.05, 0.1) is 23.4 Å². The Kier molecular flexibility index (Phi) is 8.10. The number of nitrogens with one attached hydrogen (secondary N) is 1. The molecule has 11 heteroatoms. The van der Waals surface area contributed by atoms with Crippen LogP contribution in [0.4, 0.5) is 5.69 Å². The second-order valence-electron chi connectivity index (χ2n) is 13.5. The van der Waals surface area contributed by atoms with E-state index in [1.807, 2.05) is 41.5 Å². The summed E-state index contributed by atoms with van der Waals surface area (Å²) >= 11 is 1.43. The zero-order valence-corrected chi connectivity index (χ0v) is 27.2. The Balaban J connectivity index is 0.922. The van der Waals surface area contributed by atoms with E-state index in [4.69, 9.17) is 4.74 Å². The first-order valence-electron chi connectivity index (χ1n) is 16.0. The number of amides is 2. The molecule has 1 aliphatic heterocycles. The molecule has 0 unspecified atom stereocenters. The number of rotatable bonds is 9. The van der Waals surface area contributed by atoms with Crippen molar-refractivity contribution in [2.45, 2.75) is 45.4 Å². The van der Waals surface area contributed by atoms with Gasteiger partial charge >= 0.3 is 0 Å². The number of carbonyl (C=O) groups excluding carboxylic acids is 2. The van der Waals surface area contributed by atoms with Crippen LogP contribution in [0.15, 0.2) is 54.2 Å². The smallest absolute Gasteiger partial charge is 0.264 e. The minimum Gasteiger partial charge on any atom is -0.492 e. The predicted octanol–water partition coefficient (Wildman–Crippen LogP) is 5.45. The van der Waals surface area contributed by atoms with E-state index in [0.717, 1.165) is 36.1 Å². The van der Waals surface area contributed by atoms with Gasteiger partial charge in [0.2, 0.25) is 10.0 Å². The minimum atomic E-state index is -3.73. The van der Waals surface area contributed by atoms with Gasteiger partial charge in [-0.05, 0) is 116 Å². The van der Waals surface area contributed by atoms with Crippen molar-refractivity contribution in [3.63, 3.8) is 0 Å². The van der Waals surface area contributed by atoms with Crippen LogP contribution in [0, 0.1) is 23.2 Å². The molecule has 1 saturated heterocycles. The van der Waals surface area contributed by atoms with E-state index in [1.54, 1.807) is 24.5 Å². The standard InChI is InChI=1S/C34H40N4O5S2/c1-2-43-30-14-27(19-35-20-30)28-15-31(44-21-28)33(40)38-9-7-37(8-10-38)29-5-3-26(4-6-29)32(39)36-45(41,42)22-34-16-23-11-24(17-34)13-25(12-23)18-34/h3-6,14-15,19-21,23-25H,2,7-13,16-18,22H2,1H3,(H,36,39). The fraction of sp³-hybridized carbons (Fsp3) is 0.500. The Hall–Kier alpha value is -3.44. The molecule has 4 aliphatic carbocycles. The van der Waals surface area contributed by atoms with Gasteiger partial charge in [0.25, 0.3) is 11.8 Å². The van der Waals surface area contributed by atoms with Crippen molar-refractivity contribution in [2.75, 3.05) is 43.4 Å². The summed E-state index contributed by atoms with van der Waals surface area (Å²) in [4.78, 5) is 35.2. The van der Waals surface area contributed by atoms with Gasteiger partial charge in [-0.2, -0.15) is 0 Å². The molecule has 5 aliphatic rings. The van der Waals surface area contributed by atoms with Crippen molar-refractivity contribution in [1.29, 1.82) is 0 Å². The molecule has 3 heterocycles. The van der Waals surface area contributed by atoms with E-state index in [2.05, 4.69) is 14.6 Å². The first-order valence-corrected chi connectivity index (χ1v) is 18.6. The molecule has 0 spiro atoms. The summed E-state index contributed by atoms with van der Waals surface area (Å²) in [7, 11) is -3.73. The van der Waals surface area contributed by atoms with Crippen LogP contribution >= 0.6 is 11.3 Å². The van der Waals surface area contributed by atoms with Crippen LogP contribution in [-0.2, 0) is 10.0 Å². The maximum Gasteiger partial charge on any atom is 0.264 e. The average Bonchev–Trinajstić information content (AvgIpc) is 3.50. The highest BCUT2D eigenvalue weighted by molar-refractivity contribution is 7.90. The summed E-state index contributed by atoms with van der Waals surface area (Å²) in [6, 6.07) is 10.9. The molecule has 45 heavy (non-hydrogen) atoms. The average molecular weight is 649 g/mol. The molecule has 1 aromatic carbocycles.